The Labute approximate surface area is 142 Å². The number of rotatable bonds is 13. The highest BCUT2D eigenvalue weighted by Crippen LogP contribution is 2.30. The first kappa shape index (κ1) is 22.1. The molecule has 0 aromatic heterocycles. The van der Waals surface area contributed by atoms with Gasteiger partial charge in [-0.05, 0) is 38.6 Å². The molecule has 0 atom stereocenters. The minimum Gasteiger partial charge on any atom is -0.396 e. The average Bonchev–Trinajstić information content (AvgIpc) is 2.56. The lowest BCUT2D eigenvalue weighted by Crippen LogP contribution is -2.42. The van der Waals surface area contributed by atoms with Gasteiger partial charge in [-0.1, -0.05) is 13.8 Å². The molecule has 0 aromatic rings. The van der Waals surface area contributed by atoms with Gasteiger partial charge in [-0.2, -0.15) is 0 Å². The Bertz CT molecular complexity index is 307. The fourth-order valence-corrected chi connectivity index (χ4v) is 2.46. The van der Waals surface area contributed by atoms with Crippen molar-refractivity contribution in [2.75, 3.05) is 60.1 Å². The Kier molecular flexibility index (Phi) is 13.1. The number of aliphatic hydroxyl groups excluding tert-OH is 1. The van der Waals surface area contributed by atoms with Crippen LogP contribution in [0, 0.1) is 5.41 Å². The number of ether oxygens (including phenoxy) is 1. The number of hydrogen-bond acceptors (Lipinski definition) is 4. The fourth-order valence-electron chi connectivity index (χ4n) is 2.46. The van der Waals surface area contributed by atoms with Gasteiger partial charge >= 0.3 is 0 Å². The molecule has 0 amide bonds. The van der Waals surface area contributed by atoms with Crippen molar-refractivity contribution < 1.29 is 9.84 Å². The zero-order valence-electron chi connectivity index (χ0n) is 15.8. The third kappa shape index (κ3) is 9.79. The number of nitrogens with one attached hydrogen (secondary N) is 2. The SMILES string of the molecule is CCNC(=NCC(CC)(CC)CCO)NCCN(C)CCOC. The molecule has 0 aliphatic carbocycles. The third-order valence-electron chi connectivity index (χ3n) is 4.52. The second-order valence-electron chi connectivity index (χ2n) is 6.10. The molecule has 0 aliphatic rings. The molecule has 0 saturated carbocycles. The second-order valence-corrected chi connectivity index (χ2v) is 6.10. The molecule has 0 rings (SSSR count). The minimum absolute atomic E-state index is 0.104. The Hall–Kier alpha value is -0.850. The van der Waals surface area contributed by atoms with Crippen molar-refractivity contribution in [1.82, 2.24) is 15.5 Å². The summed E-state index contributed by atoms with van der Waals surface area (Å²) >= 11 is 0. The molecule has 23 heavy (non-hydrogen) atoms. The van der Waals surface area contributed by atoms with Gasteiger partial charge in [0.05, 0.1) is 6.61 Å². The van der Waals surface area contributed by atoms with Crippen molar-refractivity contribution in [2.24, 2.45) is 10.4 Å². The normalized spacial score (nSPS) is 12.7. The first-order valence-electron chi connectivity index (χ1n) is 8.88. The zero-order chi connectivity index (χ0) is 17.6. The van der Waals surface area contributed by atoms with Gasteiger partial charge in [0.1, 0.15) is 0 Å². The van der Waals surface area contributed by atoms with Crippen LogP contribution in [0.5, 0.6) is 0 Å². The van der Waals surface area contributed by atoms with E-state index in [0.29, 0.717) is 0 Å². The summed E-state index contributed by atoms with van der Waals surface area (Å²) in [6.07, 6.45) is 2.88. The topological polar surface area (TPSA) is 69.1 Å². The van der Waals surface area contributed by atoms with Crippen molar-refractivity contribution >= 4 is 5.96 Å². The van der Waals surface area contributed by atoms with E-state index in [1.165, 1.54) is 0 Å². The molecule has 0 fully saturated rings. The van der Waals surface area contributed by atoms with Gasteiger partial charge in [0.15, 0.2) is 5.96 Å². The summed E-state index contributed by atoms with van der Waals surface area (Å²) in [5, 5.41) is 16.0. The summed E-state index contributed by atoms with van der Waals surface area (Å²) in [6.45, 7) is 11.7. The molecule has 138 valence electrons. The summed E-state index contributed by atoms with van der Waals surface area (Å²) in [6, 6.07) is 0. The Morgan fingerprint density at radius 3 is 2.39 bits per heavy atom. The van der Waals surface area contributed by atoms with Gasteiger partial charge in [-0.25, -0.2) is 0 Å². The summed E-state index contributed by atoms with van der Waals surface area (Å²) in [4.78, 5) is 6.98. The van der Waals surface area contributed by atoms with Gasteiger partial charge in [0, 0.05) is 46.4 Å². The molecule has 0 aliphatic heterocycles. The van der Waals surface area contributed by atoms with Gasteiger partial charge in [0.2, 0.25) is 0 Å². The number of methoxy groups -OCH3 is 1. The largest absolute Gasteiger partial charge is 0.396 e. The minimum atomic E-state index is 0.104. The van der Waals surface area contributed by atoms with E-state index in [1.807, 2.05) is 0 Å². The quantitative estimate of drug-likeness (QED) is 0.351. The van der Waals surface area contributed by atoms with E-state index in [0.717, 1.165) is 64.6 Å². The Morgan fingerprint density at radius 1 is 1.17 bits per heavy atom. The molecule has 6 nitrogen and oxygen atoms in total. The van der Waals surface area contributed by atoms with E-state index < -0.39 is 0 Å². The third-order valence-corrected chi connectivity index (χ3v) is 4.52. The van der Waals surface area contributed by atoms with Crippen molar-refractivity contribution in [3.63, 3.8) is 0 Å². The maximum Gasteiger partial charge on any atom is 0.191 e. The van der Waals surface area contributed by atoms with E-state index in [-0.39, 0.29) is 12.0 Å². The van der Waals surface area contributed by atoms with Crippen LogP contribution in [0.1, 0.15) is 40.0 Å². The molecule has 0 spiro atoms. The summed E-state index contributed by atoms with van der Waals surface area (Å²) in [5.41, 5.74) is 0.104. The van der Waals surface area contributed by atoms with Crippen LogP contribution in [-0.2, 0) is 4.74 Å². The maximum absolute atomic E-state index is 9.31. The highest BCUT2D eigenvalue weighted by molar-refractivity contribution is 5.79. The van der Waals surface area contributed by atoms with E-state index in [1.54, 1.807) is 7.11 Å². The molecule has 3 N–H and O–H groups in total. The van der Waals surface area contributed by atoms with Gasteiger partial charge in [-0.15, -0.1) is 0 Å². The second kappa shape index (κ2) is 13.6. The van der Waals surface area contributed by atoms with Crippen molar-refractivity contribution in [1.29, 1.82) is 0 Å². The van der Waals surface area contributed by atoms with Gasteiger partial charge < -0.3 is 25.4 Å². The van der Waals surface area contributed by atoms with Crippen LogP contribution in [0.25, 0.3) is 0 Å². The van der Waals surface area contributed by atoms with E-state index in [9.17, 15) is 5.11 Å². The molecule has 0 saturated heterocycles. The fraction of sp³-hybridized carbons (Fsp3) is 0.941. The predicted octanol–water partition coefficient (Wildman–Crippen LogP) is 1.31. The molecule has 0 unspecified atom stereocenters. The number of guanidine groups is 1. The zero-order valence-corrected chi connectivity index (χ0v) is 15.8. The molecular weight excluding hydrogens is 292 g/mol. The molecule has 0 aromatic carbocycles. The smallest absolute Gasteiger partial charge is 0.191 e. The van der Waals surface area contributed by atoms with Gasteiger partial charge in [-0.3, -0.25) is 4.99 Å². The lowest BCUT2D eigenvalue weighted by Gasteiger charge is -2.29. The molecule has 0 bridgehead atoms. The van der Waals surface area contributed by atoms with Crippen molar-refractivity contribution in [3.8, 4) is 0 Å². The van der Waals surface area contributed by atoms with Crippen LogP contribution in [0.2, 0.25) is 0 Å². The van der Waals surface area contributed by atoms with E-state index in [2.05, 4.69) is 43.4 Å². The van der Waals surface area contributed by atoms with Crippen molar-refractivity contribution in [3.05, 3.63) is 0 Å². The number of aliphatic hydroxyl groups is 1. The highest BCUT2D eigenvalue weighted by Gasteiger charge is 2.25. The summed E-state index contributed by atoms with van der Waals surface area (Å²) in [7, 11) is 3.81. The van der Waals surface area contributed by atoms with Crippen LogP contribution < -0.4 is 10.6 Å². The Balaban J connectivity index is 4.46. The van der Waals surface area contributed by atoms with Crippen LogP contribution in [0.3, 0.4) is 0 Å². The summed E-state index contributed by atoms with van der Waals surface area (Å²) < 4.78 is 5.08. The van der Waals surface area contributed by atoms with Gasteiger partial charge in [0.25, 0.3) is 0 Å². The summed E-state index contributed by atoms with van der Waals surface area (Å²) in [5.74, 6) is 0.858. The maximum atomic E-state index is 9.31. The first-order chi connectivity index (χ1) is 11.1. The number of hydrogen-bond donors (Lipinski definition) is 3. The van der Waals surface area contributed by atoms with Crippen LogP contribution in [0.15, 0.2) is 4.99 Å². The monoisotopic (exact) mass is 330 g/mol. The van der Waals surface area contributed by atoms with Crippen LogP contribution in [0.4, 0.5) is 0 Å². The van der Waals surface area contributed by atoms with E-state index in [4.69, 9.17) is 9.73 Å². The number of likely N-dealkylation sites (N-methyl/N-ethyl adjacent to an activating group) is 1. The van der Waals surface area contributed by atoms with Crippen LogP contribution in [-0.4, -0.2) is 76.1 Å². The number of aliphatic imine (C=N–C) groups is 1. The molecule has 0 radical (unpaired) electrons. The lowest BCUT2D eigenvalue weighted by atomic mass is 9.79. The predicted molar refractivity (Wildman–Crippen MR) is 98.1 cm³/mol. The Morgan fingerprint density at radius 2 is 1.87 bits per heavy atom. The first-order valence-corrected chi connectivity index (χ1v) is 8.88. The standard InChI is InChI=1S/C17H38N4O2/c1-6-17(7-2,9-13-22)15-20-16(18-8-3)19-10-11-21(4)12-14-23-5/h22H,6-15H2,1-5H3,(H2,18,19,20). The van der Waals surface area contributed by atoms with Crippen molar-refractivity contribution in [2.45, 2.75) is 40.0 Å². The number of nitrogens with zero attached hydrogens (tertiary/aromatic N) is 2. The van der Waals surface area contributed by atoms with Crippen LogP contribution >= 0.6 is 0 Å². The highest BCUT2D eigenvalue weighted by atomic mass is 16.5. The van der Waals surface area contributed by atoms with E-state index >= 15 is 0 Å². The lowest BCUT2D eigenvalue weighted by molar-refractivity contribution is 0.162. The molecular formula is C17H38N4O2. The average molecular weight is 331 g/mol. The molecule has 0 heterocycles. The molecule has 6 heteroatoms.